The van der Waals surface area contributed by atoms with Crippen molar-refractivity contribution in [3.05, 3.63) is 28.7 Å². The topological polar surface area (TPSA) is 66.4 Å². The smallest absolute Gasteiger partial charge is 0.240 e. The summed E-state index contributed by atoms with van der Waals surface area (Å²) < 4.78 is 28.6. The average molecular weight is 392 g/mol. The van der Waals surface area contributed by atoms with Gasteiger partial charge in [0.1, 0.15) is 0 Å². The second kappa shape index (κ2) is 8.43. The largest absolute Gasteiger partial charge is 0.391 e. The minimum Gasteiger partial charge on any atom is -0.391 e. The Balaban J connectivity index is 2.99. The lowest BCUT2D eigenvalue weighted by Crippen LogP contribution is -2.47. The zero-order valence-electron chi connectivity index (χ0n) is 13.6. The molecule has 22 heavy (non-hydrogen) atoms. The van der Waals surface area contributed by atoms with Crippen LogP contribution in [0.5, 0.6) is 0 Å². The molecule has 0 fully saturated rings. The van der Waals surface area contributed by atoms with Crippen molar-refractivity contribution in [2.45, 2.75) is 57.6 Å². The second-order valence-corrected chi connectivity index (χ2v) is 8.81. The Bertz CT molecular complexity index is 557. The van der Waals surface area contributed by atoms with Crippen LogP contribution in [0.15, 0.2) is 33.6 Å². The second-order valence-electron chi connectivity index (χ2n) is 6.18. The van der Waals surface area contributed by atoms with Crippen LogP contribution < -0.4 is 4.72 Å². The van der Waals surface area contributed by atoms with Crippen molar-refractivity contribution in [2.24, 2.45) is 11.8 Å². The van der Waals surface area contributed by atoms with Crippen molar-refractivity contribution in [2.75, 3.05) is 0 Å². The maximum Gasteiger partial charge on any atom is 0.240 e. The van der Waals surface area contributed by atoms with Crippen molar-refractivity contribution >= 4 is 26.0 Å². The molecular formula is C16H26BrNO3S. The van der Waals surface area contributed by atoms with Gasteiger partial charge < -0.3 is 5.11 Å². The normalized spacial score (nSPS) is 16.5. The lowest BCUT2D eigenvalue weighted by molar-refractivity contribution is 0.0910. The van der Waals surface area contributed by atoms with Crippen LogP contribution in [-0.4, -0.2) is 25.7 Å². The Morgan fingerprint density at radius 2 is 1.73 bits per heavy atom. The van der Waals surface area contributed by atoms with E-state index in [2.05, 4.69) is 20.7 Å². The Morgan fingerprint density at radius 3 is 2.18 bits per heavy atom. The fourth-order valence-electron chi connectivity index (χ4n) is 2.32. The first-order valence-corrected chi connectivity index (χ1v) is 9.91. The van der Waals surface area contributed by atoms with Gasteiger partial charge in [0.05, 0.1) is 17.0 Å². The number of aliphatic hydroxyl groups excluding tert-OH is 1. The number of benzene rings is 1. The van der Waals surface area contributed by atoms with E-state index in [1.807, 2.05) is 27.7 Å². The van der Waals surface area contributed by atoms with Crippen LogP contribution in [0.2, 0.25) is 0 Å². The van der Waals surface area contributed by atoms with Gasteiger partial charge in [-0.25, -0.2) is 13.1 Å². The molecule has 1 aromatic rings. The molecular weight excluding hydrogens is 366 g/mol. The third kappa shape index (κ3) is 5.65. The van der Waals surface area contributed by atoms with Gasteiger partial charge in [0.15, 0.2) is 0 Å². The Hall–Kier alpha value is -0.430. The third-order valence-electron chi connectivity index (χ3n) is 3.80. The fourth-order valence-corrected chi connectivity index (χ4v) is 3.96. The van der Waals surface area contributed by atoms with Crippen LogP contribution in [0.25, 0.3) is 0 Å². The zero-order valence-corrected chi connectivity index (χ0v) is 16.0. The van der Waals surface area contributed by atoms with E-state index < -0.39 is 22.2 Å². The average Bonchev–Trinajstić information content (AvgIpc) is 2.43. The van der Waals surface area contributed by atoms with E-state index in [1.165, 1.54) is 0 Å². The zero-order chi connectivity index (χ0) is 16.9. The van der Waals surface area contributed by atoms with Gasteiger partial charge in [-0.1, -0.05) is 50.0 Å². The van der Waals surface area contributed by atoms with Crippen LogP contribution in [-0.2, 0) is 10.0 Å². The number of aliphatic hydroxyl groups is 1. The molecule has 2 N–H and O–H groups in total. The Morgan fingerprint density at radius 1 is 1.18 bits per heavy atom. The van der Waals surface area contributed by atoms with Crippen LogP contribution in [0.1, 0.15) is 40.5 Å². The summed E-state index contributed by atoms with van der Waals surface area (Å²) in [5.41, 5.74) is 0. The van der Waals surface area contributed by atoms with Gasteiger partial charge in [0.25, 0.3) is 0 Å². The molecule has 0 radical (unpaired) electrons. The molecule has 0 spiro atoms. The first kappa shape index (κ1) is 19.6. The maximum atomic E-state index is 12.5. The molecule has 0 saturated carbocycles. The van der Waals surface area contributed by atoms with Gasteiger partial charge in [-0.15, -0.1) is 0 Å². The number of halogens is 1. The molecule has 0 heterocycles. The van der Waals surface area contributed by atoms with Crippen molar-refractivity contribution in [1.82, 2.24) is 4.72 Å². The molecule has 4 nitrogen and oxygen atoms in total. The summed E-state index contributed by atoms with van der Waals surface area (Å²) in [4.78, 5) is 0.209. The van der Waals surface area contributed by atoms with E-state index in [4.69, 9.17) is 0 Å². The van der Waals surface area contributed by atoms with E-state index in [0.29, 0.717) is 12.3 Å². The molecule has 0 bridgehead atoms. The third-order valence-corrected chi connectivity index (χ3v) is 5.80. The quantitative estimate of drug-likeness (QED) is 0.711. The molecule has 0 aliphatic heterocycles. The lowest BCUT2D eigenvalue weighted by atomic mass is 9.91. The highest BCUT2D eigenvalue weighted by Gasteiger charge is 2.29. The predicted octanol–water partition coefficient (Wildman–Crippen LogP) is 3.55. The summed E-state index contributed by atoms with van der Waals surface area (Å²) in [5, 5.41) is 10.4. The standard InChI is InChI=1S/C16H26BrNO3S/c1-5-12(4)16(15(19)10-11(2)3)18-22(20,21)14-8-6-13(17)7-9-14/h6-9,11-12,15-16,18-19H,5,10H2,1-4H3/t12-,15-,16?/m0/s1. The molecule has 0 aliphatic rings. The number of rotatable bonds is 8. The Kier molecular flexibility index (Phi) is 7.52. The molecule has 3 atom stereocenters. The van der Waals surface area contributed by atoms with Crippen LogP contribution in [0.3, 0.4) is 0 Å². The predicted molar refractivity (Wildman–Crippen MR) is 93.2 cm³/mol. The van der Waals surface area contributed by atoms with Gasteiger partial charge in [0.2, 0.25) is 10.0 Å². The highest BCUT2D eigenvalue weighted by molar-refractivity contribution is 9.10. The first-order valence-electron chi connectivity index (χ1n) is 7.63. The van der Waals surface area contributed by atoms with Gasteiger partial charge in [-0.2, -0.15) is 0 Å². The minimum atomic E-state index is -3.64. The summed E-state index contributed by atoms with van der Waals surface area (Å²) in [6, 6.07) is 6.00. The molecule has 0 amide bonds. The number of hydrogen-bond donors (Lipinski definition) is 2. The van der Waals surface area contributed by atoms with Gasteiger partial charge >= 0.3 is 0 Å². The highest BCUT2D eigenvalue weighted by atomic mass is 79.9. The molecule has 0 aromatic heterocycles. The van der Waals surface area contributed by atoms with Gasteiger partial charge in [-0.3, -0.25) is 0 Å². The molecule has 1 unspecified atom stereocenters. The van der Waals surface area contributed by atoms with Crippen molar-refractivity contribution < 1.29 is 13.5 Å². The summed E-state index contributed by atoms with van der Waals surface area (Å²) in [7, 11) is -3.64. The lowest BCUT2D eigenvalue weighted by Gasteiger charge is -2.29. The van der Waals surface area contributed by atoms with Crippen LogP contribution in [0, 0.1) is 11.8 Å². The molecule has 0 saturated heterocycles. The van der Waals surface area contributed by atoms with Crippen molar-refractivity contribution in [1.29, 1.82) is 0 Å². The van der Waals surface area contributed by atoms with E-state index in [9.17, 15) is 13.5 Å². The summed E-state index contributed by atoms with van der Waals surface area (Å²) >= 11 is 3.29. The highest BCUT2D eigenvalue weighted by Crippen LogP contribution is 2.21. The molecule has 1 aromatic carbocycles. The fraction of sp³-hybridized carbons (Fsp3) is 0.625. The monoisotopic (exact) mass is 391 g/mol. The molecule has 0 aliphatic carbocycles. The number of hydrogen-bond acceptors (Lipinski definition) is 3. The van der Waals surface area contributed by atoms with Gasteiger partial charge in [0, 0.05) is 4.47 Å². The van der Waals surface area contributed by atoms with Crippen molar-refractivity contribution in [3.8, 4) is 0 Å². The minimum absolute atomic E-state index is 0.0546. The number of nitrogens with one attached hydrogen (secondary N) is 1. The number of sulfonamides is 1. The Labute approximate surface area is 142 Å². The van der Waals surface area contributed by atoms with Gasteiger partial charge in [-0.05, 0) is 42.5 Å². The SMILES string of the molecule is CC[C@H](C)C(NS(=O)(=O)c1ccc(Br)cc1)[C@@H](O)CC(C)C. The summed E-state index contributed by atoms with van der Waals surface area (Å²) in [5.74, 6) is 0.359. The first-order chi connectivity index (χ1) is 10.2. The van der Waals surface area contributed by atoms with Crippen LogP contribution >= 0.6 is 15.9 Å². The molecule has 1 rings (SSSR count). The van der Waals surface area contributed by atoms with Crippen LogP contribution in [0.4, 0.5) is 0 Å². The summed E-state index contributed by atoms with van der Waals surface area (Å²) in [6.07, 6.45) is 0.667. The van der Waals surface area contributed by atoms with E-state index in [1.54, 1.807) is 24.3 Å². The maximum absolute atomic E-state index is 12.5. The molecule has 6 heteroatoms. The molecule has 126 valence electrons. The summed E-state index contributed by atoms with van der Waals surface area (Å²) in [6.45, 7) is 7.98. The van der Waals surface area contributed by atoms with E-state index in [0.717, 1.165) is 10.9 Å². The van der Waals surface area contributed by atoms with E-state index >= 15 is 0 Å². The van der Waals surface area contributed by atoms with Crippen molar-refractivity contribution in [3.63, 3.8) is 0 Å². The van der Waals surface area contributed by atoms with E-state index in [-0.39, 0.29) is 10.8 Å².